The zero-order valence-corrected chi connectivity index (χ0v) is 21.6. The molecule has 0 N–H and O–H groups in total. The molecule has 1 aliphatic rings. The number of fused-ring (bicyclic) bond motifs is 1. The Hall–Kier alpha value is -2.66. The Balaban J connectivity index is 1.98. The van der Waals surface area contributed by atoms with E-state index in [1.165, 1.54) is 11.3 Å². The Labute approximate surface area is 208 Å². The highest BCUT2D eigenvalue weighted by Crippen LogP contribution is 2.36. The maximum absolute atomic E-state index is 13.6. The van der Waals surface area contributed by atoms with Gasteiger partial charge in [0.05, 0.1) is 28.5 Å². The SMILES string of the molecule is CCOC(=O)C1=C(C)N=c2s/c(=C\c3ccc(I)o3)c(=O)n2[C@@H]1c1ccccc1OC(C)C. The lowest BCUT2D eigenvalue weighted by atomic mass is 9.95. The lowest BCUT2D eigenvalue weighted by Crippen LogP contribution is -2.40. The summed E-state index contributed by atoms with van der Waals surface area (Å²) in [5.41, 5.74) is 1.27. The van der Waals surface area contributed by atoms with Gasteiger partial charge < -0.3 is 13.9 Å². The molecule has 4 rings (SSSR count). The van der Waals surface area contributed by atoms with Gasteiger partial charge >= 0.3 is 5.97 Å². The first-order valence-corrected chi connectivity index (χ1v) is 12.4. The smallest absolute Gasteiger partial charge is 0.338 e. The van der Waals surface area contributed by atoms with Gasteiger partial charge in [-0.2, -0.15) is 0 Å². The number of rotatable bonds is 6. The second kappa shape index (κ2) is 9.68. The Morgan fingerprint density at radius 1 is 1.30 bits per heavy atom. The number of esters is 1. The van der Waals surface area contributed by atoms with Gasteiger partial charge in [-0.05, 0) is 68.5 Å². The van der Waals surface area contributed by atoms with Crippen LogP contribution in [0.4, 0.5) is 0 Å². The molecular formula is C24H23IN2O5S. The number of ether oxygens (including phenoxy) is 2. The number of nitrogens with zero attached hydrogens (tertiary/aromatic N) is 2. The molecule has 9 heteroatoms. The van der Waals surface area contributed by atoms with Gasteiger partial charge in [-0.1, -0.05) is 29.5 Å². The fourth-order valence-electron chi connectivity index (χ4n) is 3.69. The maximum Gasteiger partial charge on any atom is 0.338 e. The molecule has 7 nitrogen and oxygen atoms in total. The third kappa shape index (κ3) is 4.70. The summed E-state index contributed by atoms with van der Waals surface area (Å²) in [7, 11) is 0. The topological polar surface area (TPSA) is 83.0 Å². The van der Waals surface area contributed by atoms with Gasteiger partial charge in [-0.25, -0.2) is 9.79 Å². The Morgan fingerprint density at radius 3 is 2.73 bits per heavy atom. The van der Waals surface area contributed by atoms with Gasteiger partial charge in [-0.15, -0.1) is 0 Å². The van der Waals surface area contributed by atoms with Crippen LogP contribution in [0.1, 0.15) is 45.1 Å². The van der Waals surface area contributed by atoms with Crippen LogP contribution in [0.15, 0.2) is 61.9 Å². The van der Waals surface area contributed by atoms with Crippen LogP contribution < -0.4 is 19.6 Å². The molecule has 0 saturated heterocycles. The zero-order valence-electron chi connectivity index (χ0n) is 18.6. The number of para-hydroxylation sites is 1. The molecule has 33 heavy (non-hydrogen) atoms. The first-order chi connectivity index (χ1) is 15.8. The van der Waals surface area contributed by atoms with Crippen molar-refractivity contribution >= 4 is 46.0 Å². The molecule has 3 aromatic rings. The molecule has 0 unspecified atom stereocenters. The highest BCUT2D eigenvalue weighted by molar-refractivity contribution is 14.1. The van der Waals surface area contributed by atoms with Gasteiger partial charge in [-0.3, -0.25) is 9.36 Å². The Morgan fingerprint density at radius 2 is 2.06 bits per heavy atom. The predicted octanol–water partition coefficient (Wildman–Crippen LogP) is 3.78. The fourth-order valence-corrected chi connectivity index (χ4v) is 5.15. The Kier molecular flexibility index (Phi) is 6.89. The van der Waals surface area contributed by atoms with Crippen LogP contribution in [-0.4, -0.2) is 23.2 Å². The van der Waals surface area contributed by atoms with E-state index in [1.54, 1.807) is 30.6 Å². The highest BCUT2D eigenvalue weighted by atomic mass is 127. The standard InChI is InChI=1S/C24H23IN2O5S/c1-5-30-23(29)20-14(4)26-24-27(21(20)16-8-6-7-9-17(16)31-13(2)3)22(28)18(33-24)12-15-10-11-19(25)32-15/h6-13,21H,5H2,1-4H3/b18-12-/t21-/m1/s1. The number of halogens is 1. The molecule has 0 bridgehead atoms. The quantitative estimate of drug-likeness (QED) is 0.329. The van der Waals surface area contributed by atoms with Gasteiger partial charge in [0.15, 0.2) is 8.57 Å². The lowest BCUT2D eigenvalue weighted by Gasteiger charge is -2.26. The van der Waals surface area contributed by atoms with Crippen molar-refractivity contribution in [3.05, 3.63) is 82.4 Å². The van der Waals surface area contributed by atoms with Crippen molar-refractivity contribution in [1.82, 2.24) is 4.57 Å². The first kappa shape index (κ1) is 23.5. The minimum absolute atomic E-state index is 0.0838. The van der Waals surface area contributed by atoms with Crippen LogP contribution in [0.3, 0.4) is 0 Å². The number of allylic oxidation sites excluding steroid dienone is 1. The van der Waals surface area contributed by atoms with E-state index in [2.05, 4.69) is 27.6 Å². The molecule has 0 amide bonds. The number of hydrogen-bond donors (Lipinski definition) is 0. The van der Waals surface area contributed by atoms with Crippen LogP contribution in [0, 0.1) is 3.77 Å². The molecule has 1 atom stereocenters. The summed E-state index contributed by atoms with van der Waals surface area (Å²) in [5, 5.41) is 0. The minimum atomic E-state index is -0.728. The van der Waals surface area contributed by atoms with E-state index in [9.17, 15) is 9.59 Å². The van der Waals surface area contributed by atoms with Gasteiger partial charge in [0.25, 0.3) is 5.56 Å². The minimum Gasteiger partial charge on any atom is -0.491 e. The summed E-state index contributed by atoms with van der Waals surface area (Å²) in [4.78, 5) is 31.7. The highest BCUT2D eigenvalue weighted by Gasteiger charge is 2.35. The maximum atomic E-state index is 13.6. The van der Waals surface area contributed by atoms with Crippen LogP contribution in [0.2, 0.25) is 0 Å². The van der Waals surface area contributed by atoms with E-state index in [0.29, 0.717) is 37.7 Å². The molecule has 2 aromatic heterocycles. The summed E-state index contributed by atoms with van der Waals surface area (Å²) in [6, 6.07) is 10.3. The molecule has 0 spiro atoms. The van der Waals surface area contributed by atoms with E-state index in [1.807, 2.05) is 44.2 Å². The average molecular weight is 578 g/mol. The summed E-state index contributed by atoms with van der Waals surface area (Å²) < 4.78 is 19.7. The molecule has 0 fully saturated rings. The number of carbonyl (C=O) groups excluding carboxylic acids is 1. The van der Waals surface area contributed by atoms with E-state index < -0.39 is 12.0 Å². The van der Waals surface area contributed by atoms with E-state index >= 15 is 0 Å². The van der Waals surface area contributed by atoms with Crippen molar-refractivity contribution in [1.29, 1.82) is 0 Å². The van der Waals surface area contributed by atoms with Crippen molar-refractivity contribution < 1.29 is 18.7 Å². The number of carbonyl (C=O) groups is 1. The second-order valence-corrected chi connectivity index (χ2v) is 9.72. The molecule has 3 heterocycles. The number of hydrogen-bond acceptors (Lipinski definition) is 7. The predicted molar refractivity (Wildman–Crippen MR) is 134 cm³/mol. The van der Waals surface area contributed by atoms with Crippen LogP contribution in [0.5, 0.6) is 5.75 Å². The van der Waals surface area contributed by atoms with Crippen LogP contribution in [0.25, 0.3) is 6.08 Å². The van der Waals surface area contributed by atoms with Crippen molar-refractivity contribution in [3.63, 3.8) is 0 Å². The first-order valence-electron chi connectivity index (χ1n) is 10.5. The van der Waals surface area contributed by atoms with E-state index in [4.69, 9.17) is 13.9 Å². The van der Waals surface area contributed by atoms with E-state index in [0.717, 1.165) is 3.77 Å². The van der Waals surface area contributed by atoms with Gasteiger partial charge in [0, 0.05) is 11.6 Å². The summed E-state index contributed by atoms with van der Waals surface area (Å²) >= 11 is 3.33. The lowest BCUT2D eigenvalue weighted by molar-refractivity contribution is -0.139. The fraction of sp³-hybridized carbons (Fsp3) is 0.292. The number of thiazole rings is 1. The van der Waals surface area contributed by atoms with Crippen LogP contribution in [-0.2, 0) is 9.53 Å². The largest absolute Gasteiger partial charge is 0.491 e. The molecule has 1 aromatic carbocycles. The molecule has 0 radical (unpaired) electrons. The summed E-state index contributed by atoms with van der Waals surface area (Å²) in [6.07, 6.45) is 1.61. The number of furan rings is 1. The third-order valence-corrected chi connectivity index (χ3v) is 6.52. The molecule has 0 aliphatic carbocycles. The normalized spacial score (nSPS) is 16.1. The molecular weight excluding hydrogens is 555 g/mol. The van der Waals surface area contributed by atoms with Crippen molar-refractivity contribution in [2.24, 2.45) is 4.99 Å². The monoisotopic (exact) mass is 578 g/mol. The summed E-state index contributed by atoms with van der Waals surface area (Å²) in [6.45, 7) is 7.59. The average Bonchev–Trinajstić information content (AvgIpc) is 3.30. The molecule has 0 saturated carbocycles. The third-order valence-electron chi connectivity index (χ3n) is 4.96. The molecule has 1 aliphatic heterocycles. The van der Waals surface area contributed by atoms with Crippen molar-refractivity contribution in [3.8, 4) is 5.75 Å². The number of aromatic nitrogens is 1. The van der Waals surface area contributed by atoms with E-state index in [-0.39, 0.29) is 18.3 Å². The van der Waals surface area contributed by atoms with Crippen molar-refractivity contribution in [2.75, 3.05) is 6.61 Å². The molecule has 172 valence electrons. The number of benzene rings is 1. The van der Waals surface area contributed by atoms with Crippen molar-refractivity contribution in [2.45, 2.75) is 39.8 Å². The van der Waals surface area contributed by atoms with Gasteiger partial charge in [0.2, 0.25) is 0 Å². The summed E-state index contributed by atoms with van der Waals surface area (Å²) in [5.74, 6) is 0.674. The Bertz CT molecular complexity index is 1410. The van der Waals surface area contributed by atoms with Gasteiger partial charge in [0.1, 0.15) is 17.6 Å². The zero-order chi connectivity index (χ0) is 23.7. The van der Waals surface area contributed by atoms with Crippen LogP contribution >= 0.6 is 33.9 Å². The second-order valence-electron chi connectivity index (χ2n) is 7.65.